The molecule has 2 unspecified atom stereocenters. The highest BCUT2D eigenvalue weighted by Crippen LogP contribution is 2.71. The third-order valence-electron chi connectivity index (χ3n) is 3.02. The predicted octanol–water partition coefficient (Wildman–Crippen LogP) is 1.46. The Kier molecular flexibility index (Phi) is 1.29. The fourth-order valence-electron chi connectivity index (χ4n) is 2.30. The molecule has 0 aromatic carbocycles. The Morgan fingerprint density at radius 3 is 2.79 bits per heavy atom. The van der Waals surface area contributed by atoms with E-state index in [0.29, 0.717) is 17.1 Å². The first kappa shape index (κ1) is 8.82. The van der Waals surface area contributed by atoms with Crippen molar-refractivity contribution >= 4 is 22.7 Å². The number of thiol groups is 1. The van der Waals surface area contributed by atoms with Crippen molar-refractivity contribution < 1.29 is 17.4 Å². The molecule has 1 aliphatic heterocycles. The van der Waals surface area contributed by atoms with Crippen molar-refractivity contribution in [3.05, 3.63) is 17.1 Å². The molecule has 1 saturated carbocycles. The molecule has 1 aliphatic carbocycles. The second-order valence-corrected chi connectivity index (χ2v) is 6.06. The number of furan rings is 1. The lowest BCUT2D eigenvalue weighted by Gasteiger charge is -2.07. The van der Waals surface area contributed by atoms with E-state index in [0.717, 1.165) is 6.42 Å². The standard InChI is InChI=1S/C8H8O4S2/c1-3-6(14(9,10)11)5-4-2-8(4,13)7(3)12-5/h4,13H,2H2,1H3,(H,9,10,11). The molecule has 3 rings (SSSR count). The van der Waals surface area contributed by atoms with Gasteiger partial charge < -0.3 is 4.42 Å². The van der Waals surface area contributed by atoms with Gasteiger partial charge in [0.2, 0.25) is 0 Å². The molecule has 2 atom stereocenters. The summed E-state index contributed by atoms with van der Waals surface area (Å²) in [6.45, 7) is 1.64. The van der Waals surface area contributed by atoms with Crippen LogP contribution in [0.5, 0.6) is 0 Å². The van der Waals surface area contributed by atoms with Crippen LogP contribution in [0.3, 0.4) is 0 Å². The van der Waals surface area contributed by atoms with Crippen LogP contribution in [0.1, 0.15) is 29.4 Å². The van der Waals surface area contributed by atoms with Gasteiger partial charge in [-0.2, -0.15) is 21.0 Å². The molecule has 1 aromatic heterocycles. The van der Waals surface area contributed by atoms with E-state index in [1.54, 1.807) is 6.92 Å². The van der Waals surface area contributed by atoms with Crippen LogP contribution in [-0.4, -0.2) is 13.0 Å². The molecule has 6 heteroatoms. The molecule has 0 radical (unpaired) electrons. The van der Waals surface area contributed by atoms with E-state index >= 15 is 0 Å². The molecule has 2 heterocycles. The Balaban J connectivity index is 2.34. The number of fused-ring (bicyclic) bond motifs is 5. The van der Waals surface area contributed by atoms with Gasteiger partial charge in [-0.05, 0) is 13.3 Å². The summed E-state index contributed by atoms with van der Waals surface area (Å²) >= 11 is 4.43. The summed E-state index contributed by atoms with van der Waals surface area (Å²) in [4.78, 5) is -0.0420. The third-order valence-corrected chi connectivity index (χ3v) is 4.74. The maximum absolute atomic E-state index is 11.1. The van der Waals surface area contributed by atoms with Gasteiger partial charge in [-0.25, -0.2) is 0 Å². The molecule has 1 N–H and O–H groups in total. The summed E-state index contributed by atoms with van der Waals surface area (Å²) in [6, 6.07) is 0. The van der Waals surface area contributed by atoms with E-state index in [1.165, 1.54) is 0 Å². The molecule has 4 nitrogen and oxygen atoms in total. The topological polar surface area (TPSA) is 67.5 Å². The molecule has 1 fully saturated rings. The Morgan fingerprint density at radius 2 is 2.29 bits per heavy atom. The minimum Gasteiger partial charge on any atom is -0.462 e. The fourth-order valence-corrected chi connectivity index (χ4v) is 3.73. The summed E-state index contributed by atoms with van der Waals surface area (Å²) in [5.74, 6) is 1.03. The summed E-state index contributed by atoms with van der Waals surface area (Å²) in [7, 11) is -4.15. The maximum atomic E-state index is 11.1. The Morgan fingerprint density at radius 1 is 1.64 bits per heavy atom. The van der Waals surface area contributed by atoms with Gasteiger partial charge in [0.1, 0.15) is 16.4 Å². The van der Waals surface area contributed by atoms with Crippen LogP contribution in [0.4, 0.5) is 0 Å². The van der Waals surface area contributed by atoms with Crippen molar-refractivity contribution in [1.82, 2.24) is 0 Å². The van der Waals surface area contributed by atoms with Crippen molar-refractivity contribution in [3.8, 4) is 0 Å². The lowest BCUT2D eigenvalue weighted by Crippen LogP contribution is -2.08. The van der Waals surface area contributed by atoms with Crippen LogP contribution in [0.25, 0.3) is 0 Å². The van der Waals surface area contributed by atoms with Crippen molar-refractivity contribution in [2.24, 2.45) is 0 Å². The second kappa shape index (κ2) is 2.05. The zero-order valence-corrected chi connectivity index (χ0v) is 9.02. The third kappa shape index (κ3) is 0.780. The van der Waals surface area contributed by atoms with E-state index < -0.39 is 10.1 Å². The smallest absolute Gasteiger partial charge is 0.298 e. The highest BCUT2D eigenvalue weighted by atomic mass is 32.2. The second-order valence-electron chi connectivity index (χ2n) is 3.91. The van der Waals surface area contributed by atoms with E-state index in [-0.39, 0.29) is 15.6 Å². The molecule has 0 spiro atoms. The van der Waals surface area contributed by atoms with E-state index in [2.05, 4.69) is 12.6 Å². The van der Waals surface area contributed by atoms with Crippen molar-refractivity contribution in [1.29, 1.82) is 0 Å². The molecule has 76 valence electrons. The molecular formula is C8H8O4S2. The first-order chi connectivity index (χ1) is 6.36. The molecule has 1 aromatic rings. The minimum absolute atomic E-state index is 0.0420. The van der Waals surface area contributed by atoms with Gasteiger partial charge in [-0.3, -0.25) is 4.55 Å². The van der Waals surface area contributed by atoms with Crippen LogP contribution < -0.4 is 0 Å². The van der Waals surface area contributed by atoms with Gasteiger partial charge in [-0.1, -0.05) is 0 Å². The molecule has 0 saturated heterocycles. The van der Waals surface area contributed by atoms with E-state index in [4.69, 9.17) is 8.97 Å². The number of hydrogen-bond donors (Lipinski definition) is 2. The maximum Gasteiger partial charge on any atom is 0.298 e. The zero-order chi connectivity index (χ0) is 10.3. The lowest BCUT2D eigenvalue weighted by atomic mass is 10.1. The normalized spacial score (nSPS) is 33.2. The molecule has 2 bridgehead atoms. The monoisotopic (exact) mass is 232 g/mol. The number of rotatable bonds is 1. The van der Waals surface area contributed by atoms with Crippen LogP contribution in [0.2, 0.25) is 0 Å². The van der Waals surface area contributed by atoms with Crippen LogP contribution in [0, 0.1) is 6.92 Å². The Labute approximate surface area is 86.5 Å². The number of hydrogen-bond acceptors (Lipinski definition) is 4. The zero-order valence-electron chi connectivity index (χ0n) is 7.31. The summed E-state index contributed by atoms with van der Waals surface area (Å²) in [5.41, 5.74) is 0.506. The first-order valence-corrected chi connectivity index (χ1v) is 6.08. The quantitative estimate of drug-likeness (QED) is 0.568. The van der Waals surface area contributed by atoms with Gasteiger partial charge in [0, 0.05) is 11.5 Å². The van der Waals surface area contributed by atoms with E-state index in [9.17, 15) is 8.42 Å². The average molecular weight is 232 g/mol. The molecule has 14 heavy (non-hydrogen) atoms. The highest BCUT2D eigenvalue weighted by molar-refractivity contribution is 7.86. The van der Waals surface area contributed by atoms with Gasteiger partial charge in [0.25, 0.3) is 10.1 Å². The van der Waals surface area contributed by atoms with Crippen LogP contribution >= 0.6 is 12.6 Å². The summed E-state index contributed by atoms with van der Waals surface area (Å²) in [5, 5.41) is 0. The van der Waals surface area contributed by atoms with E-state index in [1.807, 2.05) is 0 Å². The van der Waals surface area contributed by atoms with Crippen molar-refractivity contribution in [3.63, 3.8) is 0 Å². The van der Waals surface area contributed by atoms with Crippen molar-refractivity contribution in [2.45, 2.75) is 28.9 Å². The fraction of sp³-hybridized carbons (Fsp3) is 0.500. The van der Waals surface area contributed by atoms with Crippen LogP contribution in [-0.2, 0) is 14.9 Å². The minimum atomic E-state index is -4.15. The Hall–Kier alpha value is -0.460. The van der Waals surface area contributed by atoms with Gasteiger partial charge in [-0.15, -0.1) is 0 Å². The average Bonchev–Trinajstić information content (AvgIpc) is 2.45. The largest absolute Gasteiger partial charge is 0.462 e. The SMILES string of the molecule is Cc1c2oc(c1S(=O)(=O)O)C1CC21S. The predicted molar refractivity (Wildman–Crippen MR) is 51.3 cm³/mol. The summed E-state index contributed by atoms with van der Waals surface area (Å²) < 4.78 is 36.2. The first-order valence-electron chi connectivity index (χ1n) is 4.19. The van der Waals surface area contributed by atoms with Crippen molar-refractivity contribution in [2.75, 3.05) is 0 Å². The molecule has 2 aliphatic rings. The van der Waals surface area contributed by atoms with Crippen LogP contribution in [0.15, 0.2) is 9.31 Å². The Bertz CT molecular complexity index is 542. The van der Waals surface area contributed by atoms with Gasteiger partial charge in [0.15, 0.2) is 0 Å². The van der Waals surface area contributed by atoms with Gasteiger partial charge in [0.05, 0.1) is 4.75 Å². The summed E-state index contributed by atoms with van der Waals surface area (Å²) in [6.07, 6.45) is 0.803. The van der Waals surface area contributed by atoms with Gasteiger partial charge >= 0.3 is 0 Å². The highest BCUT2D eigenvalue weighted by Gasteiger charge is 2.65. The molecule has 0 amide bonds. The molecular weight excluding hydrogens is 224 g/mol. The lowest BCUT2D eigenvalue weighted by molar-refractivity contribution is 0.471.